The van der Waals surface area contributed by atoms with Gasteiger partial charge in [-0.2, -0.15) is 8.78 Å². The maximum Gasteiger partial charge on any atom is 0.387 e. The van der Waals surface area contributed by atoms with E-state index in [0.717, 1.165) is 5.56 Å². The van der Waals surface area contributed by atoms with Crippen LogP contribution in [0.3, 0.4) is 0 Å². The molecule has 1 amide bonds. The number of amides is 1. The fraction of sp³-hybridized carbons (Fsp3) is 0.462. The lowest BCUT2D eigenvalue weighted by atomic mass is 10.1. The van der Waals surface area contributed by atoms with Gasteiger partial charge in [-0.15, -0.1) is 0 Å². The van der Waals surface area contributed by atoms with Crippen molar-refractivity contribution >= 4 is 5.91 Å². The second-order valence-electron chi connectivity index (χ2n) is 4.05. The summed E-state index contributed by atoms with van der Waals surface area (Å²) in [4.78, 5) is 11.1. The van der Waals surface area contributed by atoms with E-state index in [2.05, 4.69) is 10.1 Å². The highest BCUT2D eigenvalue weighted by molar-refractivity contribution is 5.80. The molecule has 0 heterocycles. The van der Waals surface area contributed by atoms with Gasteiger partial charge >= 0.3 is 6.61 Å². The largest absolute Gasteiger partial charge is 0.435 e. The molecule has 0 aliphatic carbocycles. The molecule has 0 saturated carbocycles. The molecule has 112 valence electrons. The van der Waals surface area contributed by atoms with Crippen molar-refractivity contribution in [3.63, 3.8) is 0 Å². The Hall–Kier alpha value is -1.73. The van der Waals surface area contributed by atoms with Crippen LogP contribution in [0.2, 0.25) is 0 Å². The van der Waals surface area contributed by atoms with E-state index in [1.54, 1.807) is 19.1 Å². The molecule has 0 bridgehead atoms. The first kappa shape index (κ1) is 16.3. The third-order valence-electron chi connectivity index (χ3n) is 2.63. The van der Waals surface area contributed by atoms with Crippen LogP contribution in [-0.2, 0) is 9.53 Å². The van der Waals surface area contributed by atoms with E-state index >= 15 is 0 Å². The lowest BCUT2D eigenvalue weighted by Crippen LogP contribution is -2.35. The van der Waals surface area contributed by atoms with Crippen molar-refractivity contribution in [2.45, 2.75) is 25.7 Å². The van der Waals surface area contributed by atoms with E-state index in [1.807, 2.05) is 0 Å². The molecule has 0 aliphatic rings. The summed E-state index contributed by atoms with van der Waals surface area (Å²) in [5, 5.41) is 11.7. The summed E-state index contributed by atoms with van der Waals surface area (Å²) in [6, 6.07) is 5.95. The van der Waals surface area contributed by atoms with Gasteiger partial charge in [-0.3, -0.25) is 4.79 Å². The van der Waals surface area contributed by atoms with Gasteiger partial charge < -0.3 is 19.9 Å². The number of aliphatic hydroxyl groups excluding tert-OH is 1. The van der Waals surface area contributed by atoms with Crippen LogP contribution >= 0.6 is 0 Å². The van der Waals surface area contributed by atoms with Gasteiger partial charge in [0.05, 0.1) is 12.7 Å². The smallest absolute Gasteiger partial charge is 0.387 e. The average molecular weight is 289 g/mol. The van der Waals surface area contributed by atoms with Crippen molar-refractivity contribution in [3.8, 4) is 5.75 Å². The molecule has 2 N–H and O–H groups in total. The lowest BCUT2D eigenvalue weighted by molar-refractivity contribution is -0.133. The zero-order valence-electron chi connectivity index (χ0n) is 11.2. The highest BCUT2D eigenvalue weighted by atomic mass is 19.3. The fourth-order valence-electron chi connectivity index (χ4n) is 1.49. The van der Waals surface area contributed by atoms with E-state index in [4.69, 9.17) is 4.74 Å². The molecule has 1 aromatic carbocycles. The number of benzene rings is 1. The van der Waals surface area contributed by atoms with Gasteiger partial charge in [-0.1, -0.05) is 12.1 Å². The van der Waals surface area contributed by atoms with Gasteiger partial charge in [0.15, 0.2) is 6.10 Å². The van der Waals surface area contributed by atoms with Crippen molar-refractivity contribution in [1.29, 1.82) is 0 Å². The predicted molar refractivity (Wildman–Crippen MR) is 67.5 cm³/mol. The molecule has 0 aliphatic heterocycles. The number of alkyl halides is 2. The van der Waals surface area contributed by atoms with Gasteiger partial charge in [0.25, 0.3) is 5.91 Å². The lowest BCUT2D eigenvalue weighted by Gasteiger charge is -2.16. The standard InChI is InChI=1S/C13H17F2NO4/c1-8(19-7-11(17)12(18)16-2)9-3-5-10(6-4-9)20-13(14)15/h3-6,8,11,13,17H,7H2,1-2H3,(H,16,18)/t8-,11?/m0/s1. The molecule has 20 heavy (non-hydrogen) atoms. The van der Waals surface area contributed by atoms with E-state index in [-0.39, 0.29) is 12.4 Å². The Morgan fingerprint density at radius 3 is 2.45 bits per heavy atom. The molecule has 0 fully saturated rings. The Morgan fingerprint density at radius 2 is 1.95 bits per heavy atom. The number of carbonyl (C=O) groups excluding carboxylic acids is 1. The topological polar surface area (TPSA) is 67.8 Å². The van der Waals surface area contributed by atoms with E-state index in [0.29, 0.717) is 0 Å². The van der Waals surface area contributed by atoms with Crippen LogP contribution in [0.15, 0.2) is 24.3 Å². The zero-order valence-corrected chi connectivity index (χ0v) is 11.2. The first-order valence-corrected chi connectivity index (χ1v) is 6.00. The molecular weight excluding hydrogens is 272 g/mol. The van der Waals surface area contributed by atoms with Crippen LogP contribution in [-0.4, -0.2) is 37.4 Å². The van der Waals surface area contributed by atoms with E-state index in [1.165, 1.54) is 19.2 Å². The summed E-state index contributed by atoms with van der Waals surface area (Å²) in [5.41, 5.74) is 0.718. The molecule has 0 radical (unpaired) electrons. The second-order valence-corrected chi connectivity index (χ2v) is 4.05. The fourth-order valence-corrected chi connectivity index (χ4v) is 1.49. The highest BCUT2D eigenvalue weighted by Crippen LogP contribution is 2.21. The Bertz CT molecular complexity index is 425. The Labute approximate surface area is 115 Å². The van der Waals surface area contributed by atoms with Crippen molar-refractivity contribution in [2.24, 2.45) is 0 Å². The van der Waals surface area contributed by atoms with Crippen molar-refractivity contribution < 1.29 is 28.2 Å². The SMILES string of the molecule is CNC(=O)C(O)CO[C@@H](C)c1ccc(OC(F)F)cc1. The third-order valence-corrected chi connectivity index (χ3v) is 2.63. The summed E-state index contributed by atoms with van der Waals surface area (Å²) in [5.74, 6) is -0.473. The van der Waals surface area contributed by atoms with Gasteiger partial charge in [-0.05, 0) is 24.6 Å². The summed E-state index contributed by atoms with van der Waals surface area (Å²) >= 11 is 0. The number of aliphatic hydroxyl groups is 1. The predicted octanol–water partition coefficient (Wildman–Crippen LogP) is 1.47. The first-order chi connectivity index (χ1) is 9.43. The normalized spacial score (nSPS) is 13.9. The van der Waals surface area contributed by atoms with Gasteiger partial charge in [0.2, 0.25) is 0 Å². The Morgan fingerprint density at radius 1 is 1.35 bits per heavy atom. The molecule has 1 aromatic rings. The molecule has 0 aromatic heterocycles. The second kappa shape index (κ2) is 7.76. The number of hydrogen-bond acceptors (Lipinski definition) is 4. The van der Waals surface area contributed by atoms with Crippen molar-refractivity contribution in [3.05, 3.63) is 29.8 Å². The Balaban J connectivity index is 2.51. The van der Waals surface area contributed by atoms with Gasteiger partial charge in [0.1, 0.15) is 5.75 Å². The maximum atomic E-state index is 12.0. The summed E-state index contributed by atoms with van der Waals surface area (Å²) in [6.45, 7) is -1.30. The molecule has 1 rings (SSSR count). The van der Waals surface area contributed by atoms with Gasteiger partial charge in [-0.25, -0.2) is 0 Å². The van der Waals surface area contributed by atoms with Crippen LogP contribution in [0, 0.1) is 0 Å². The van der Waals surface area contributed by atoms with Crippen LogP contribution in [0.4, 0.5) is 8.78 Å². The minimum Gasteiger partial charge on any atom is -0.435 e. The van der Waals surface area contributed by atoms with E-state index in [9.17, 15) is 18.7 Å². The zero-order chi connectivity index (χ0) is 15.1. The first-order valence-electron chi connectivity index (χ1n) is 6.00. The summed E-state index contributed by atoms with van der Waals surface area (Å²) < 4.78 is 33.5. The van der Waals surface area contributed by atoms with Crippen LogP contribution in [0.5, 0.6) is 5.75 Å². The molecule has 0 saturated heterocycles. The van der Waals surface area contributed by atoms with Crippen molar-refractivity contribution in [1.82, 2.24) is 5.32 Å². The monoisotopic (exact) mass is 289 g/mol. The Kier molecular flexibility index (Phi) is 6.33. The van der Waals surface area contributed by atoms with Crippen LogP contribution in [0.25, 0.3) is 0 Å². The summed E-state index contributed by atoms with van der Waals surface area (Å²) in [6.07, 6.45) is -1.64. The third kappa shape index (κ3) is 5.10. The van der Waals surface area contributed by atoms with Crippen LogP contribution in [0.1, 0.15) is 18.6 Å². The maximum absolute atomic E-state index is 12.0. The summed E-state index contributed by atoms with van der Waals surface area (Å²) in [7, 11) is 1.41. The molecule has 5 nitrogen and oxygen atoms in total. The minimum atomic E-state index is -2.86. The number of likely N-dealkylation sites (N-methyl/N-ethyl adjacent to an activating group) is 1. The minimum absolute atomic E-state index is 0.0568. The molecule has 0 spiro atoms. The molecule has 2 atom stereocenters. The number of halogens is 2. The highest BCUT2D eigenvalue weighted by Gasteiger charge is 2.15. The number of carbonyl (C=O) groups is 1. The van der Waals surface area contributed by atoms with Crippen molar-refractivity contribution in [2.75, 3.05) is 13.7 Å². The number of hydrogen-bond donors (Lipinski definition) is 2. The number of nitrogens with one attached hydrogen (secondary N) is 1. The molecule has 1 unspecified atom stereocenters. The van der Waals surface area contributed by atoms with Gasteiger partial charge in [0, 0.05) is 7.05 Å². The average Bonchev–Trinajstić information content (AvgIpc) is 2.43. The molecule has 7 heteroatoms. The van der Waals surface area contributed by atoms with Crippen LogP contribution < -0.4 is 10.1 Å². The van der Waals surface area contributed by atoms with E-state index < -0.39 is 24.7 Å². The number of ether oxygens (including phenoxy) is 2. The number of rotatable bonds is 7. The quantitative estimate of drug-likeness (QED) is 0.797. The molecular formula is C13H17F2NO4.